The molecule has 1 N–H and O–H groups in total. The molecule has 0 saturated heterocycles. The van der Waals surface area contributed by atoms with Gasteiger partial charge in [-0.3, -0.25) is 4.57 Å². The molecule has 0 radical (unpaired) electrons. The van der Waals surface area contributed by atoms with Crippen molar-refractivity contribution in [2.24, 2.45) is 0 Å². The van der Waals surface area contributed by atoms with Gasteiger partial charge in [0, 0.05) is 5.30 Å². The third-order valence-corrected chi connectivity index (χ3v) is 2.73. The average molecular weight is 186 g/mol. The Hall–Kier alpha value is -0.790. The molecule has 0 aliphatic heterocycles. The Kier molecular flexibility index (Phi) is 3.32. The minimum Gasteiger partial charge on any atom is -0.508 e. The molecule has 0 aromatic heterocycles. The zero-order valence-corrected chi connectivity index (χ0v) is 7.78. The number of aromatic hydroxyl groups is 1. The lowest BCUT2D eigenvalue weighted by Gasteiger charge is -2.00. The van der Waals surface area contributed by atoms with Crippen molar-refractivity contribution in [3.8, 4) is 5.75 Å². The second kappa shape index (κ2) is 4.29. The normalized spacial score (nSPS) is 12.8. The van der Waals surface area contributed by atoms with Crippen molar-refractivity contribution in [3.63, 3.8) is 0 Å². The van der Waals surface area contributed by atoms with E-state index < -0.39 is 8.03 Å². The minimum absolute atomic E-state index is 0.171. The van der Waals surface area contributed by atoms with Crippen LogP contribution in [0.3, 0.4) is 0 Å². The van der Waals surface area contributed by atoms with E-state index in [1.807, 2.05) is 0 Å². The molecule has 0 aliphatic carbocycles. The van der Waals surface area contributed by atoms with E-state index >= 15 is 0 Å². The Morgan fingerprint density at radius 2 is 2.00 bits per heavy atom. The second-order valence-corrected chi connectivity index (χ2v) is 3.71. The maximum Gasteiger partial charge on any atom is 0.220 e. The second-order valence-electron chi connectivity index (χ2n) is 2.27. The topological polar surface area (TPSA) is 46.5 Å². The van der Waals surface area contributed by atoms with E-state index in [9.17, 15) is 4.57 Å². The first-order valence-corrected chi connectivity index (χ1v) is 5.02. The summed E-state index contributed by atoms with van der Waals surface area (Å²) in [6.07, 6.45) is 0. The number of rotatable bonds is 3. The van der Waals surface area contributed by atoms with Crippen LogP contribution in [0.5, 0.6) is 5.75 Å². The lowest BCUT2D eigenvalue weighted by molar-refractivity contribution is 0.357. The lowest BCUT2D eigenvalue weighted by Crippen LogP contribution is -1.96. The predicted molar refractivity (Wildman–Crippen MR) is 48.4 cm³/mol. The zero-order valence-electron chi connectivity index (χ0n) is 6.78. The molecule has 1 aromatic rings. The van der Waals surface area contributed by atoms with Crippen LogP contribution in [0.15, 0.2) is 24.3 Å². The number of hydrogen-bond donors (Lipinski definition) is 1. The van der Waals surface area contributed by atoms with E-state index in [1.165, 1.54) is 12.1 Å². The fourth-order valence-corrected chi connectivity index (χ4v) is 1.68. The summed E-state index contributed by atoms with van der Waals surface area (Å²) in [5.74, 6) is 0.171. The Labute approximate surface area is 71.9 Å². The van der Waals surface area contributed by atoms with Crippen molar-refractivity contribution in [3.05, 3.63) is 24.3 Å². The van der Waals surface area contributed by atoms with Crippen LogP contribution in [0.1, 0.15) is 6.92 Å². The predicted octanol–water partition coefficient (Wildman–Crippen LogP) is 1.53. The van der Waals surface area contributed by atoms with Crippen molar-refractivity contribution in [2.75, 3.05) is 6.61 Å². The minimum atomic E-state index is -2.10. The summed E-state index contributed by atoms with van der Waals surface area (Å²) in [5, 5.41) is 9.58. The Morgan fingerprint density at radius 3 is 2.50 bits per heavy atom. The van der Waals surface area contributed by atoms with E-state index in [4.69, 9.17) is 9.63 Å². The molecule has 0 heterocycles. The van der Waals surface area contributed by atoms with E-state index in [0.29, 0.717) is 11.9 Å². The summed E-state index contributed by atoms with van der Waals surface area (Å²) < 4.78 is 16.2. The van der Waals surface area contributed by atoms with Gasteiger partial charge >= 0.3 is 0 Å². The Balaban J connectivity index is 2.75. The molecule has 4 heteroatoms. The van der Waals surface area contributed by atoms with Crippen LogP contribution in [0, 0.1) is 0 Å². The van der Waals surface area contributed by atoms with Gasteiger partial charge in [-0.1, -0.05) is 0 Å². The molecule has 66 valence electrons. The van der Waals surface area contributed by atoms with Gasteiger partial charge in [-0.25, -0.2) is 0 Å². The van der Waals surface area contributed by atoms with Crippen molar-refractivity contribution >= 4 is 13.3 Å². The van der Waals surface area contributed by atoms with Gasteiger partial charge in [0.1, 0.15) is 5.75 Å². The highest BCUT2D eigenvalue weighted by molar-refractivity contribution is 7.48. The molecule has 3 nitrogen and oxygen atoms in total. The molecule has 1 atom stereocenters. The Bertz CT molecular complexity index is 268. The zero-order chi connectivity index (χ0) is 8.97. The molecular formula is C8H11O3P. The van der Waals surface area contributed by atoms with Gasteiger partial charge in [-0.2, -0.15) is 0 Å². The molecule has 0 aliphatic rings. The number of phenolic OH excluding ortho intramolecular Hbond substituents is 1. The molecule has 0 bridgehead atoms. The van der Waals surface area contributed by atoms with Gasteiger partial charge in [0.2, 0.25) is 8.03 Å². The molecular weight excluding hydrogens is 175 g/mol. The van der Waals surface area contributed by atoms with Gasteiger partial charge in [0.15, 0.2) is 0 Å². The highest BCUT2D eigenvalue weighted by Crippen LogP contribution is 2.21. The number of hydrogen-bond acceptors (Lipinski definition) is 3. The maximum absolute atomic E-state index is 11.2. The van der Waals surface area contributed by atoms with Crippen molar-refractivity contribution in [1.29, 1.82) is 0 Å². The van der Waals surface area contributed by atoms with E-state index in [1.54, 1.807) is 19.1 Å². The van der Waals surface area contributed by atoms with Gasteiger partial charge in [-0.05, 0) is 31.2 Å². The molecule has 0 amide bonds. The molecule has 1 unspecified atom stereocenters. The third-order valence-electron chi connectivity index (χ3n) is 1.38. The highest BCUT2D eigenvalue weighted by Gasteiger charge is 2.01. The first kappa shape index (κ1) is 9.30. The van der Waals surface area contributed by atoms with E-state index in [-0.39, 0.29) is 5.75 Å². The highest BCUT2D eigenvalue weighted by atomic mass is 31.1. The summed E-state index contributed by atoms with van der Waals surface area (Å²) in [6, 6.07) is 6.20. The quantitative estimate of drug-likeness (QED) is 0.728. The third kappa shape index (κ3) is 2.36. The SMILES string of the molecule is CCO[PH](=O)c1ccc(O)cc1. The summed E-state index contributed by atoms with van der Waals surface area (Å²) in [6.45, 7) is 2.24. The van der Waals surface area contributed by atoms with Gasteiger partial charge < -0.3 is 9.63 Å². The van der Waals surface area contributed by atoms with Crippen LogP contribution >= 0.6 is 8.03 Å². The van der Waals surface area contributed by atoms with Crippen LogP contribution in [0.25, 0.3) is 0 Å². The summed E-state index contributed by atoms with van der Waals surface area (Å²) in [5.41, 5.74) is 0. The molecule has 12 heavy (non-hydrogen) atoms. The lowest BCUT2D eigenvalue weighted by atomic mass is 10.3. The summed E-state index contributed by atoms with van der Waals surface area (Å²) in [4.78, 5) is 0. The van der Waals surface area contributed by atoms with Crippen LogP contribution in [-0.2, 0) is 9.09 Å². The fraction of sp³-hybridized carbons (Fsp3) is 0.250. The average Bonchev–Trinajstić information content (AvgIpc) is 2.06. The van der Waals surface area contributed by atoms with Gasteiger partial charge in [0.05, 0.1) is 6.61 Å². The standard InChI is InChI=1S/C8H11O3P/c1-2-11-12(10)8-5-3-7(9)4-6-8/h3-6,9,12H,2H2,1H3. The summed E-state index contributed by atoms with van der Waals surface area (Å²) in [7, 11) is -2.10. The van der Waals surface area contributed by atoms with E-state index in [2.05, 4.69) is 0 Å². The summed E-state index contributed by atoms with van der Waals surface area (Å²) >= 11 is 0. The van der Waals surface area contributed by atoms with Crippen LogP contribution in [-0.4, -0.2) is 11.7 Å². The van der Waals surface area contributed by atoms with Gasteiger partial charge in [-0.15, -0.1) is 0 Å². The molecule has 1 aromatic carbocycles. The van der Waals surface area contributed by atoms with E-state index in [0.717, 1.165) is 0 Å². The molecule has 0 saturated carbocycles. The van der Waals surface area contributed by atoms with Crippen LogP contribution in [0.4, 0.5) is 0 Å². The first-order valence-electron chi connectivity index (χ1n) is 3.70. The largest absolute Gasteiger partial charge is 0.508 e. The van der Waals surface area contributed by atoms with Crippen LogP contribution < -0.4 is 5.30 Å². The fourth-order valence-electron chi connectivity index (χ4n) is 0.812. The van der Waals surface area contributed by atoms with Crippen molar-refractivity contribution < 1.29 is 14.2 Å². The molecule has 0 fully saturated rings. The number of benzene rings is 1. The van der Waals surface area contributed by atoms with Crippen molar-refractivity contribution in [1.82, 2.24) is 0 Å². The molecule has 0 spiro atoms. The smallest absolute Gasteiger partial charge is 0.220 e. The van der Waals surface area contributed by atoms with Gasteiger partial charge in [0.25, 0.3) is 0 Å². The van der Waals surface area contributed by atoms with Crippen molar-refractivity contribution in [2.45, 2.75) is 6.92 Å². The Morgan fingerprint density at radius 1 is 1.42 bits per heavy atom. The molecule has 1 rings (SSSR count). The first-order chi connectivity index (χ1) is 5.74. The van der Waals surface area contributed by atoms with Crippen LogP contribution in [0.2, 0.25) is 0 Å². The number of phenols is 1. The monoisotopic (exact) mass is 186 g/mol. The maximum atomic E-state index is 11.2.